The van der Waals surface area contributed by atoms with Crippen LogP contribution in [-0.2, 0) is 32.7 Å². The van der Waals surface area contributed by atoms with Crippen molar-refractivity contribution in [2.75, 3.05) is 47.5 Å². The van der Waals surface area contributed by atoms with Crippen molar-refractivity contribution in [3.8, 4) is 0 Å². The topological polar surface area (TPSA) is 108 Å². The van der Waals surface area contributed by atoms with Gasteiger partial charge in [0.25, 0.3) is 0 Å². The first-order valence-electron chi connectivity index (χ1n) is 37.3. The largest absolute Gasteiger partial charge is 0.472 e. The number of hydrogen-bond donors (Lipinski definition) is 1. The first-order valence-corrected chi connectivity index (χ1v) is 38.8. The maximum Gasteiger partial charge on any atom is 0.472 e. The molecule has 0 saturated carbocycles. The summed E-state index contributed by atoms with van der Waals surface area (Å²) in [5, 5.41) is 0. The second kappa shape index (κ2) is 69.7. The predicted molar refractivity (Wildman–Crippen MR) is 390 cm³/mol. The Morgan fingerprint density at radius 3 is 0.944 bits per heavy atom. The lowest BCUT2D eigenvalue weighted by molar-refractivity contribution is -0.870. The highest BCUT2D eigenvalue weighted by Gasteiger charge is 2.27. The van der Waals surface area contributed by atoms with Crippen LogP contribution in [0.3, 0.4) is 0 Å². The molecule has 0 spiro atoms. The number of carbonyl (C=O) groups excluding carboxylic acids is 2. The fourth-order valence-electron chi connectivity index (χ4n) is 10.3. The van der Waals surface area contributed by atoms with E-state index >= 15 is 0 Å². The average molecular weight is 1280 g/mol. The minimum absolute atomic E-state index is 0.0217. The number of rotatable bonds is 68. The number of quaternary nitrogens is 1. The summed E-state index contributed by atoms with van der Waals surface area (Å²) in [6.07, 6.45) is 100. The molecule has 518 valence electrons. The standard InChI is InChI=1S/C80H140NO8P/c1-6-8-10-12-14-16-18-20-22-24-26-28-30-32-34-36-38-39-40-41-43-45-47-49-51-53-55-57-59-61-63-65-67-69-71-73-80(83)89-78(77-88-90(84,85)87-75-74-81(3,4)5)76-86-79(82)72-70-68-66-64-62-60-58-56-54-52-50-48-46-44-42-37-35-33-31-29-27-25-23-21-19-17-15-13-11-9-7-2/h8,10,14,16,20,22,26,28,32,34,38-39,41,43,47,49,53,55,59,61,78H,6-7,9,11-13,15,17-19,21,23-25,27,29-31,33,35-37,40,42,44-46,48,50-52,54,56-58,60,62-77H2,1-5H3/p+1/b10-8-,16-14-,22-20-,28-26-,34-32-,39-38-,43-41-,49-47-,55-53-,61-59-. The van der Waals surface area contributed by atoms with Crippen molar-refractivity contribution in [2.24, 2.45) is 0 Å². The number of carbonyl (C=O) groups is 2. The number of ether oxygens (including phenoxy) is 2. The van der Waals surface area contributed by atoms with Gasteiger partial charge in [0.05, 0.1) is 27.7 Å². The first-order chi connectivity index (χ1) is 44.0. The summed E-state index contributed by atoms with van der Waals surface area (Å²) in [7, 11) is 1.45. The highest BCUT2D eigenvalue weighted by atomic mass is 31.2. The molecule has 0 aromatic rings. The molecule has 0 radical (unpaired) electrons. The van der Waals surface area contributed by atoms with E-state index in [9.17, 15) is 19.0 Å². The van der Waals surface area contributed by atoms with Gasteiger partial charge in [-0.2, -0.15) is 0 Å². The van der Waals surface area contributed by atoms with E-state index in [0.717, 1.165) is 109 Å². The van der Waals surface area contributed by atoms with E-state index < -0.39 is 26.5 Å². The van der Waals surface area contributed by atoms with Gasteiger partial charge in [-0.05, 0) is 89.9 Å². The van der Waals surface area contributed by atoms with Gasteiger partial charge in [0.15, 0.2) is 6.10 Å². The van der Waals surface area contributed by atoms with Crippen LogP contribution >= 0.6 is 7.82 Å². The van der Waals surface area contributed by atoms with Crippen LogP contribution in [0.5, 0.6) is 0 Å². The van der Waals surface area contributed by atoms with Crippen LogP contribution < -0.4 is 0 Å². The lowest BCUT2D eigenvalue weighted by atomic mass is 10.0. The van der Waals surface area contributed by atoms with E-state index in [4.69, 9.17) is 18.5 Å². The van der Waals surface area contributed by atoms with E-state index in [1.807, 2.05) is 21.1 Å². The zero-order valence-electron chi connectivity index (χ0n) is 59.1. The second-order valence-electron chi connectivity index (χ2n) is 26.0. The van der Waals surface area contributed by atoms with Gasteiger partial charge in [-0.15, -0.1) is 0 Å². The average Bonchev–Trinajstić information content (AvgIpc) is 3.61. The molecule has 0 aliphatic heterocycles. The molecule has 0 aromatic heterocycles. The van der Waals surface area contributed by atoms with E-state index in [1.165, 1.54) is 180 Å². The SMILES string of the molecule is CC/C=C\C/C=C\C/C=C\C/C=C\C/C=C\C/C=C\C/C=C\C/C=C\C/C=C\C/C=C\CCCCCCC(=O)OC(COC(=O)CCCCCCCCCCCCCCCCCCCCCCCCCCCCCCCCC)COP(=O)(O)OCC[N+](C)(C)C. The highest BCUT2D eigenvalue weighted by molar-refractivity contribution is 7.47. The molecule has 90 heavy (non-hydrogen) atoms. The van der Waals surface area contributed by atoms with E-state index in [2.05, 4.69) is 135 Å². The van der Waals surface area contributed by atoms with Crippen molar-refractivity contribution in [1.82, 2.24) is 0 Å². The Hall–Kier alpha value is -3.59. The molecule has 0 amide bonds. The minimum Gasteiger partial charge on any atom is -0.462 e. The summed E-state index contributed by atoms with van der Waals surface area (Å²) < 4.78 is 34.7. The third kappa shape index (κ3) is 73.5. The molecule has 9 nitrogen and oxygen atoms in total. The molecule has 0 aliphatic carbocycles. The van der Waals surface area contributed by atoms with Crippen molar-refractivity contribution in [3.05, 3.63) is 122 Å². The molecule has 0 heterocycles. The highest BCUT2D eigenvalue weighted by Crippen LogP contribution is 2.43. The monoisotopic (exact) mass is 1280 g/mol. The zero-order chi connectivity index (χ0) is 65.5. The van der Waals surface area contributed by atoms with Gasteiger partial charge in [-0.25, -0.2) is 4.57 Å². The summed E-state index contributed by atoms with van der Waals surface area (Å²) >= 11 is 0. The zero-order valence-corrected chi connectivity index (χ0v) is 60.0. The van der Waals surface area contributed by atoms with Crippen molar-refractivity contribution in [2.45, 2.75) is 328 Å². The molecule has 0 fully saturated rings. The number of likely N-dealkylation sites (N-methyl/N-ethyl adjacent to an activating group) is 1. The maximum absolute atomic E-state index is 12.9. The molecule has 0 saturated heterocycles. The summed E-state index contributed by atoms with van der Waals surface area (Å²) in [6.45, 7) is 4.32. The molecule has 10 heteroatoms. The van der Waals surface area contributed by atoms with Crippen molar-refractivity contribution in [1.29, 1.82) is 0 Å². The lowest BCUT2D eigenvalue weighted by Gasteiger charge is -2.24. The number of allylic oxidation sites excluding steroid dienone is 20. The van der Waals surface area contributed by atoms with Gasteiger partial charge < -0.3 is 18.9 Å². The van der Waals surface area contributed by atoms with Crippen LogP contribution in [0.2, 0.25) is 0 Å². The van der Waals surface area contributed by atoms with Gasteiger partial charge in [0.2, 0.25) is 0 Å². The Bertz CT molecular complexity index is 1940. The summed E-state index contributed by atoms with van der Waals surface area (Å²) in [6, 6.07) is 0. The van der Waals surface area contributed by atoms with Gasteiger partial charge >= 0.3 is 19.8 Å². The molecule has 0 rings (SSSR count). The normalized spacial score (nSPS) is 13.8. The number of phosphoric acid groups is 1. The predicted octanol–water partition coefficient (Wildman–Crippen LogP) is 24.6. The van der Waals surface area contributed by atoms with Crippen molar-refractivity contribution >= 4 is 19.8 Å². The van der Waals surface area contributed by atoms with Gasteiger partial charge in [0, 0.05) is 12.8 Å². The minimum atomic E-state index is -4.41. The number of unbranched alkanes of at least 4 members (excludes halogenated alkanes) is 34. The van der Waals surface area contributed by atoms with Crippen LogP contribution in [0.1, 0.15) is 322 Å². The third-order valence-electron chi connectivity index (χ3n) is 16.0. The first kappa shape index (κ1) is 86.4. The van der Waals surface area contributed by atoms with Gasteiger partial charge in [-0.3, -0.25) is 18.6 Å². The number of nitrogens with zero attached hydrogens (tertiary/aromatic N) is 1. The third-order valence-corrected chi connectivity index (χ3v) is 17.0. The maximum atomic E-state index is 12.9. The molecular weight excluding hydrogens is 1130 g/mol. The Morgan fingerprint density at radius 1 is 0.356 bits per heavy atom. The quantitative estimate of drug-likeness (QED) is 0.0211. The Kier molecular flexibility index (Phi) is 67.0. The molecule has 1 N–H and O–H groups in total. The summed E-state index contributed by atoms with van der Waals surface area (Å²) in [5.41, 5.74) is 0. The van der Waals surface area contributed by atoms with Gasteiger partial charge in [-0.1, -0.05) is 341 Å². The van der Waals surface area contributed by atoms with Crippen molar-refractivity contribution in [3.63, 3.8) is 0 Å². The van der Waals surface area contributed by atoms with E-state index in [0.29, 0.717) is 17.4 Å². The Labute approximate surface area is 556 Å². The van der Waals surface area contributed by atoms with E-state index in [1.54, 1.807) is 0 Å². The van der Waals surface area contributed by atoms with E-state index in [-0.39, 0.29) is 32.0 Å². The Balaban J connectivity index is 4.10. The van der Waals surface area contributed by atoms with Crippen LogP contribution in [0.15, 0.2) is 122 Å². The summed E-state index contributed by atoms with van der Waals surface area (Å²) in [4.78, 5) is 35.9. The molecule has 0 bridgehead atoms. The van der Waals surface area contributed by atoms with Crippen LogP contribution in [0.4, 0.5) is 0 Å². The molecule has 2 unspecified atom stereocenters. The van der Waals surface area contributed by atoms with Crippen LogP contribution in [-0.4, -0.2) is 74.9 Å². The number of esters is 2. The molecule has 0 aromatic carbocycles. The Morgan fingerprint density at radius 2 is 0.633 bits per heavy atom. The fourth-order valence-corrected chi connectivity index (χ4v) is 11.1. The van der Waals surface area contributed by atoms with Crippen LogP contribution in [0.25, 0.3) is 0 Å². The molecular formula is C80H141NO8P+. The fraction of sp³-hybridized carbons (Fsp3) is 0.725. The number of hydrogen-bond acceptors (Lipinski definition) is 7. The molecule has 2 atom stereocenters. The molecule has 0 aliphatic rings. The van der Waals surface area contributed by atoms with Crippen LogP contribution in [0, 0.1) is 0 Å². The van der Waals surface area contributed by atoms with Crippen molar-refractivity contribution < 1.29 is 42.1 Å². The second-order valence-corrected chi connectivity index (χ2v) is 27.4. The lowest BCUT2D eigenvalue weighted by Crippen LogP contribution is -2.37. The smallest absolute Gasteiger partial charge is 0.462 e. The summed E-state index contributed by atoms with van der Waals surface area (Å²) in [5.74, 6) is -0.822. The number of phosphoric ester groups is 1. The van der Waals surface area contributed by atoms with Gasteiger partial charge in [0.1, 0.15) is 19.8 Å².